The Morgan fingerprint density at radius 3 is 2.89 bits per heavy atom. The van der Waals surface area contributed by atoms with Crippen LogP contribution in [0, 0.1) is 6.92 Å². The molecule has 1 aliphatic heterocycles. The Hall–Kier alpha value is -1.33. The molecule has 0 saturated carbocycles. The van der Waals surface area contributed by atoms with Gasteiger partial charge in [-0.05, 0) is 12.5 Å². The fraction of sp³-hybridized carbons (Fsp3) is 0.286. The van der Waals surface area contributed by atoms with Crippen molar-refractivity contribution < 1.29 is 0 Å². The van der Waals surface area contributed by atoms with Crippen LogP contribution in [0.15, 0.2) is 40.8 Å². The molecule has 3 rings (SSSR count). The van der Waals surface area contributed by atoms with E-state index in [9.17, 15) is 0 Å². The lowest BCUT2D eigenvalue weighted by Crippen LogP contribution is -2.18. The number of nitrogens with zero attached hydrogens (tertiary/aromatic N) is 2. The van der Waals surface area contributed by atoms with Crippen LogP contribution in [0.2, 0.25) is 0 Å². The molecule has 5 heteroatoms. The molecule has 19 heavy (non-hydrogen) atoms. The zero-order valence-corrected chi connectivity index (χ0v) is 12.3. The van der Waals surface area contributed by atoms with E-state index in [4.69, 9.17) is 0 Å². The largest absolute Gasteiger partial charge is 0.360 e. The summed E-state index contributed by atoms with van der Waals surface area (Å²) in [5.74, 6) is 0. The van der Waals surface area contributed by atoms with Gasteiger partial charge in [0.05, 0.1) is 29.5 Å². The Bertz CT molecular complexity index is 577. The SMILES string of the molecule is Cc1ncsc1CNC1=NCC(c2ccccc2)S1. The normalized spacial score (nSPS) is 18.4. The number of benzene rings is 1. The van der Waals surface area contributed by atoms with Gasteiger partial charge >= 0.3 is 0 Å². The van der Waals surface area contributed by atoms with Crippen LogP contribution >= 0.6 is 23.1 Å². The third-order valence-electron chi connectivity index (χ3n) is 3.07. The minimum atomic E-state index is 0.450. The molecule has 0 saturated heterocycles. The number of aliphatic imine (C=N–C) groups is 1. The molecule has 0 spiro atoms. The summed E-state index contributed by atoms with van der Waals surface area (Å²) < 4.78 is 0. The molecule has 2 aromatic rings. The maximum absolute atomic E-state index is 4.58. The average Bonchev–Trinajstić information content (AvgIpc) is 3.06. The number of aryl methyl sites for hydroxylation is 1. The predicted octanol–water partition coefficient (Wildman–Crippen LogP) is 3.39. The van der Waals surface area contributed by atoms with Crippen molar-refractivity contribution >= 4 is 28.3 Å². The summed E-state index contributed by atoms with van der Waals surface area (Å²) in [6.45, 7) is 3.73. The summed E-state index contributed by atoms with van der Waals surface area (Å²) in [7, 11) is 0. The van der Waals surface area contributed by atoms with E-state index in [2.05, 4.69) is 45.6 Å². The van der Waals surface area contributed by atoms with Gasteiger partial charge in [-0.2, -0.15) is 0 Å². The van der Waals surface area contributed by atoms with E-state index in [1.807, 2.05) is 24.2 Å². The number of amidine groups is 1. The standard InChI is InChI=1S/C14H15N3S2/c1-10-12(18-9-17-10)7-15-14-16-8-13(19-14)11-5-3-2-4-6-11/h2-6,9,13H,7-8H2,1H3,(H,15,16). The van der Waals surface area contributed by atoms with Crippen molar-refractivity contribution in [3.63, 3.8) is 0 Å². The lowest BCUT2D eigenvalue weighted by atomic mass is 10.1. The molecule has 1 aromatic carbocycles. The van der Waals surface area contributed by atoms with Gasteiger partial charge in [-0.1, -0.05) is 42.1 Å². The van der Waals surface area contributed by atoms with Crippen LogP contribution < -0.4 is 5.32 Å². The highest BCUT2D eigenvalue weighted by Gasteiger charge is 2.20. The van der Waals surface area contributed by atoms with Crippen molar-refractivity contribution in [1.82, 2.24) is 10.3 Å². The summed E-state index contributed by atoms with van der Waals surface area (Å²) in [5.41, 5.74) is 4.35. The molecule has 1 aromatic heterocycles. The molecule has 1 aliphatic rings. The van der Waals surface area contributed by atoms with Crippen LogP contribution in [0.3, 0.4) is 0 Å². The maximum Gasteiger partial charge on any atom is 0.157 e. The number of nitrogens with one attached hydrogen (secondary N) is 1. The number of hydrogen-bond acceptors (Lipinski definition) is 5. The number of aromatic nitrogens is 1. The molecule has 0 amide bonds. The molecular formula is C14H15N3S2. The summed E-state index contributed by atoms with van der Waals surface area (Å²) in [6, 6.07) is 10.6. The summed E-state index contributed by atoms with van der Waals surface area (Å²) in [5, 5.41) is 4.90. The van der Waals surface area contributed by atoms with E-state index < -0.39 is 0 Å². The van der Waals surface area contributed by atoms with Gasteiger partial charge in [0.15, 0.2) is 5.17 Å². The van der Waals surface area contributed by atoms with Crippen molar-refractivity contribution in [2.75, 3.05) is 6.54 Å². The molecule has 98 valence electrons. The van der Waals surface area contributed by atoms with Crippen LogP contribution in [-0.4, -0.2) is 16.7 Å². The van der Waals surface area contributed by atoms with Gasteiger partial charge in [0.1, 0.15) is 0 Å². The third-order valence-corrected chi connectivity index (χ3v) is 5.21. The fourth-order valence-corrected chi connectivity index (χ4v) is 3.70. The first-order chi connectivity index (χ1) is 9.33. The van der Waals surface area contributed by atoms with Gasteiger partial charge in [0, 0.05) is 4.88 Å². The molecular weight excluding hydrogens is 274 g/mol. The highest BCUT2D eigenvalue weighted by atomic mass is 32.2. The van der Waals surface area contributed by atoms with Crippen molar-refractivity contribution in [3.8, 4) is 0 Å². The van der Waals surface area contributed by atoms with E-state index in [-0.39, 0.29) is 0 Å². The maximum atomic E-state index is 4.58. The van der Waals surface area contributed by atoms with E-state index in [1.165, 1.54) is 10.4 Å². The third kappa shape index (κ3) is 2.98. The topological polar surface area (TPSA) is 37.3 Å². The lowest BCUT2D eigenvalue weighted by Gasteiger charge is -2.09. The number of thiazole rings is 1. The van der Waals surface area contributed by atoms with Crippen LogP contribution in [0.4, 0.5) is 0 Å². The first kappa shape index (κ1) is 12.7. The van der Waals surface area contributed by atoms with Crippen molar-refractivity contribution in [3.05, 3.63) is 52.0 Å². The molecule has 2 heterocycles. The van der Waals surface area contributed by atoms with Gasteiger partial charge in [-0.3, -0.25) is 4.99 Å². The smallest absolute Gasteiger partial charge is 0.157 e. The number of thioether (sulfide) groups is 1. The molecule has 1 N–H and O–H groups in total. The quantitative estimate of drug-likeness (QED) is 0.941. The van der Waals surface area contributed by atoms with Gasteiger partial charge in [0.2, 0.25) is 0 Å². The molecule has 0 bridgehead atoms. The molecule has 3 nitrogen and oxygen atoms in total. The molecule has 0 aliphatic carbocycles. The minimum Gasteiger partial charge on any atom is -0.360 e. The van der Waals surface area contributed by atoms with Crippen LogP contribution in [0.5, 0.6) is 0 Å². The Balaban J connectivity index is 1.56. The highest BCUT2D eigenvalue weighted by molar-refractivity contribution is 8.14. The lowest BCUT2D eigenvalue weighted by molar-refractivity contribution is 0.914. The van der Waals surface area contributed by atoms with Gasteiger partial charge < -0.3 is 5.32 Å². The zero-order valence-electron chi connectivity index (χ0n) is 10.7. The first-order valence-electron chi connectivity index (χ1n) is 6.22. The van der Waals surface area contributed by atoms with E-state index in [0.717, 1.165) is 24.0 Å². The molecule has 1 atom stereocenters. The average molecular weight is 289 g/mol. The predicted molar refractivity (Wildman–Crippen MR) is 82.8 cm³/mol. The van der Waals surface area contributed by atoms with Gasteiger partial charge in [0.25, 0.3) is 0 Å². The van der Waals surface area contributed by atoms with Crippen LogP contribution in [-0.2, 0) is 6.54 Å². The monoisotopic (exact) mass is 289 g/mol. The second kappa shape index (κ2) is 5.75. The molecule has 0 fully saturated rings. The van der Waals surface area contributed by atoms with Crippen LogP contribution in [0.1, 0.15) is 21.4 Å². The fourth-order valence-electron chi connectivity index (χ4n) is 1.97. The number of hydrogen-bond donors (Lipinski definition) is 1. The molecule has 0 radical (unpaired) electrons. The minimum absolute atomic E-state index is 0.450. The molecule has 1 unspecified atom stereocenters. The first-order valence-corrected chi connectivity index (χ1v) is 7.98. The Morgan fingerprint density at radius 1 is 1.32 bits per heavy atom. The second-order valence-electron chi connectivity index (χ2n) is 4.38. The highest BCUT2D eigenvalue weighted by Crippen LogP contribution is 2.34. The number of rotatable bonds is 3. The Kier molecular flexibility index (Phi) is 3.84. The van der Waals surface area contributed by atoms with Crippen LogP contribution in [0.25, 0.3) is 0 Å². The van der Waals surface area contributed by atoms with E-state index in [1.54, 1.807) is 11.3 Å². The van der Waals surface area contributed by atoms with Crippen molar-refractivity contribution in [2.45, 2.75) is 18.7 Å². The van der Waals surface area contributed by atoms with E-state index >= 15 is 0 Å². The Labute approximate surface area is 121 Å². The van der Waals surface area contributed by atoms with Crippen molar-refractivity contribution in [1.29, 1.82) is 0 Å². The zero-order chi connectivity index (χ0) is 13.1. The van der Waals surface area contributed by atoms with Gasteiger partial charge in [-0.25, -0.2) is 4.98 Å². The van der Waals surface area contributed by atoms with Crippen molar-refractivity contribution in [2.24, 2.45) is 4.99 Å². The summed E-state index contributed by atoms with van der Waals surface area (Å²) in [6.07, 6.45) is 0. The van der Waals surface area contributed by atoms with Gasteiger partial charge in [-0.15, -0.1) is 11.3 Å². The summed E-state index contributed by atoms with van der Waals surface area (Å²) in [4.78, 5) is 10.1. The Morgan fingerprint density at radius 2 is 2.16 bits per heavy atom. The summed E-state index contributed by atoms with van der Waals surface area (Å²) >= 11 is 3.51. The van der Waals surface area contributed by atoms with E-state index in [0.29, 0.717) is 5.25 Å². The second-order valence-corrected chi connectivity index (χ2v) is 6.51.